The zero-order chi connectivity index (χ0) is 15.5. The first-order valence-electron chi connectivity index (χ1n) is 8.60. The lowest BCUT2D eigenvalue weighted by Crippen LogP contribution is -2.04. The Hall–Kier alpha value is -2.35. The van der Waals surface area contributed by atoms with E-state index in [2.05, 4.69) is 47.7 Å². The number of hydrogen-bond donors (Lipinski definition) is 0. The van der Waals surface area contributed by atoms with E-state index < -0.39 is 0 Å². The van der Waals surface area contributed by atoms with E-state index in [1.807, 2.05) is 29.1 Å². The molecule has 1 aliphatic carbocycles. The zero-order valence-electron chi connectivity index (χ0n) is 13.4. The molecule has 23 heavy (non-hydrogen) atoms. The van der Waals surface area contributed by atoms with Gasteiger partial charge in [-0.15, -0.1) is 0 Å². The molecule has 1 aromatic heterocycles. The van der Waals surface area contributed by atoms with Crippen LogP contribution in [0.15, 0.2) is 67.0 Å². The topological polar surface area (TPSA) is 17.8 Å². The quantitative estimate of drug-likeness (QED) is 0.617. The molecule has 2 nitrogen and oxygen atoms in total. The summed E-state index contributed by atoms with van der Waals surface area (Å²) in [7, 11) is 0. The van der Waals surface area contributed by atoms with Crippen LogP contribution in [0.2, 0.25) is 0 Å². The fourth-order valence-corrected chi connectivity index (χ4v) is 3.58. The van der Waals surface area contributed by atoms with Gasteiger partial charge in [0.2, 0.25) is 0 Å². The molecule has 116 valence electrons. The Bertz CT molecular complexity index is 750. The van der Waals surface area contributed by atoms with E-state index in [1.165, 1.54) is 48.8 Å². The van der Waals surface area contributed by atoms with Crippen molar-refractivity contribution in [3.63, 3.8) is 0 Å². The van der Waals surface area contributed by atoms with Gasteiger partial charge in [0.1, 0.15) is 0 Å². The molecule has 1 fully saturated rings. The van der Waals surface area contributed by atoms with Crippen molar-refractivity contribution in [2.24, 2.45) is 0 Å². The van der Waals surface area contributed by atoms with Gasteiger partial charge in [-0.2, -0.15) is 5.10 Å². The van der Waals surface area contributed by atoms with Crippen LogP contribution >= 0.6 is 0 Å². The van der Waals surface area contributed by atoms with Gasteiger partial charge in [0.25, 0.3) is 0 Å². The highest BCUT2D eigenvalue weighted by Gasteiger charge is 2.15. The molecular formula is C21H22N2. The molecule has 1 saturated carbocycles. The Labute approximate surface area is 137 Å². The predicted molar refractivity (Wildman–Crippen MR) is 94.8 cm³/mol. The van der Waals surface area contributed by atoms with Crippen molar-refractivity contribution in [2.75, 3.05) is 0 Å². The van der Waals surface area contributed by atoms with Crippen LogP contribution in [-0.2, 0) is 0 Å². The second-order valence-corrected chi connectivity index (χ2v) is 6.47. The summed E-state index contributed by atoms with van der Waals surface area (Å²) in [6.45, 7) is 0. The van der Waals surface area contributed by atoms with E-state index in [9.17, 15) is 0 Å². The van der Waals surface area contributed by atoms with Gasteiger partial charge in [0.05, 0.1) is 11.9 Å². The second kappa shape index (κ2) is 6.41. The molecule has 0 amide bonds. The molecule has 0 bridgehead atoms. The zero-order valence-corrected chi connectivity index (χ0v) is 13.4. The summed E-state index contributed by atoms with van der Waals surface area (Å²) in [6.07, 6.45) is 10.9. The lowest BCUT2D eigenvalue weighted by atomic mass is 9.84. The van der Waals surface area contributed by atoms with Crippen molar-refractivity contribution in [1.82, 2.24) is 9.78 Å². The molecule has 0 atom stereocenters. The number of para-hydroxylation sites is 1. The Morgan fingerprint density at radius 3 is 2.26 bits per heavy atom. The molecule has 2 heteroatoms. The van der Waals surface area contributed by atoms with Gasteiger partial charge < -0.3 is 0 Å². The highest BCUT2D eigenvalue weighted by Crippen LogP contribution is 2.33. The molecule has 0 radical (unpaired) electrons. The molecule has 0 spiro atoms. The first-order valence-corrected chi connectivity index (χ1v) is 8.60. The van der Waals surface area contributed by atoms with Gasteiger partial charge in [0.15, 0.2) is 0 Å². The molecule has 1 aliphatic rings. The minimum Gasteiger partial charge on any atom is -0.240 e. The normalized spacial score (nSPS) is 15.7. The van der Waals surface area contributed by atoms with Gasteiger partial charge in [-0.25, -0.2) is 4.68 Å². The standard InChI is InChI=1S/C21H22N2/c1-3-7-17(8-4-1)18-11-13-19(14-12-18)20-15-22-23(16-20)21-9-5-2-6-10-21/h2,5-6,9-17H,1,3-4,7-8H2. The Morgan fingerprint density at radius 1 is 0.783 bits per heavy atom. The van der Waals surface area contributed by atoms with Crippen molar-refractivity contribution in [2.45, 2.75) is 38.0 Å². The van der Waals surface area contributed by atoms with Crippen LogP contribution in [0.1, 0.15) is 43.6 Å². The van der Waals surface area contributed by atoms with Gasteiger partial charge in [-0.05, 0) is 42.0 Å². The van der Waals surface area contributed by atoms with Crippen LogP contribution in [0.5, 0.6) is 0 Å². The summed E-state index contributed by atoms with van der Waals surface area (Å²) < 4.78 is 1.93. The minimum atomic E-state index is 0.768. The van der Waals surface area contributed by atoms with E-state index in [-0.39, 0.29) is 0 Å². The number of nitrogens with zero attached hydrogens (tertiary/aromatic N) is 2. The summed E-state index contributed by atoms with van der Waals surface area (Å²) in [5.41, 5.74) is 5.01. The van der Waals surface area contributed by atoms with Crippen LogP contribution in [-0.4, -0.2) is 9.78 Å². The van der Waals surface area contributed by atoms with Crippen molar-refractivity contribution >= 4 is 0 Å². The summed E-state index contributed by atoms with van der Waals surface area (Å²) in [5.74, 6) is 0.768. The Balaban J connectivity index is 1.55. The third-order valence-corrected chi connectivity index (χ3v) is 4.92. The van der Waals surface area contributed by atoms with Crippen molar-refractivity contribution in [3.05, 3.63) is 72.6 Å². The third-order valence-electron chi connectivity index (χ3n) is 4.92. The van der Waals surface area contributed by atoms with Gasteiger partial charge in [-0.3, -0.25) is 0 Å². The minimum absolute atomic E-state index is 0.768. The van der Waals surface area contributed by atoms with Gasteiger partial charge >= 0.3 is 0 Å². The largest absolute Gasteiger partial charge is 0.240 e. The summed E-state index contributed by atoms with van der Waals surface area (Å²) in [5, 5.41) is 4.49. The summed E-state index contributed by atoms with van der Waals surface area (Å²) in [6, 6.07) is 19.4. The highest BCUT2D eigenvalue weighted by atomic mass is 15.3. The molecule has 4 rings (SSSR count). The smallest absolute Gasteiger partial charge is 0.0645 e. The van der Waals surface area contributed by atoms with Crippen LogP contribution in [0.3, 0.4) is 0 Å². The molecule has 0 aliphatic heterocycles. The molecule has 0 N–H and O–H groups in total. The fourth-order valence-electron chi connectivity index (χ4n) is 3.58. The van der Waals surface area contributed by atoms with Crippen molar-refractivity contribution in [3.8, 4) is 16.8 Å². The van der Waals surface area contributed by atoms with E-state index in [0.29, 0.717) is 0 Å². The van der Waals surface area contributed by atoms with Crippen LogP contribution in [0.4, 0.5) is 0 Å². The Kier molecular flexibility index (Phi) is 3.97. The monoisotopic (exact) mass is 302 g/mol. The average molecular weight is 302 g/mol. The predicted octanol–water partition coefficient (Wildman–Crippen LogP) is 5.59. The van der Waals surface area contributed by atoms with Gasteiger partial charge in [-0.1, -0.05) is 61.7 Å². The van der Waals surface area contributed by atoms with Crippen LogP contribution in [0, 0.1) is 0 Å². The first kappa shape index (κ1) is 14.3. The summed E-state index contributed by atoms with van der Waals surface area (Å²) in [4.78, 5) is 0. The maximum absolute atomic E-state index is 4.49. The van der Waals surface area contributed by atoms with Gasteiger partial charge in [0, 0.05) is 11.8 Å². The SMILES string of the molecule is c1ccc(-n2cc(-c3ccc(C4CCCCC4)cc3)cn2)cc1. The van der Waals surface area contributed by atoms with E-state index in [4.69, 9.17) is 0 Å². The van der Waals surface area contributed by atoms with Crippen LogP contribution < -0.4 is 0 Å². The maximum Gasteiger partial charge on any atom is 0.0645 e. The van der Waals surface area contributed by atoms with E-state index in [0.717, 1.165) is 11.6 Å². The second-order valence-electron chi connectivity index (χ2n) is 6.47. The van der Waals surface area contributed by atoms with E-state index >= 15 is 0 Å². The molecule has 2 aromatic carbocycles. The molecule has 3 aromatic rings. The number of benzene rings is 2. The molecule has 0 unspecified atom stereocenters. The lowest BCUT2D eigenvalue weighted by molar-refractivity contribution is 0.443. The van der Waals surface area contributed by atoms with Crippen molar-refractivity contribution in [1.29, 1.82) is 0 Å². The number of rotatable bonds is 3. The highest BCUT2D eigenvalue weighted by molar-refractivity contribution is 5.62. The summed E-state index contributed by atoms with van der Waals surface area (Å²) >= 11 is 0. The molecule has 0 saturated heterocycles. The average Bonchev–Trinajstić information content (AvgIpc) is 3.14. The van der Waals surface area contributed by atoms with Crippen LogP contribution in [0.25, 0.3) is 16.8 Å². The molecule has 1 heterocycles. The number of hydrogen-bond acceptors (Lipinski definition) is 1. The first-order chi connectivity index (χ1) is 11.4. The lowest BCUT2D eigenvalue weighted by Gasteiger charge is -2.22. The maximum atomic E-state index is 4.49. The molecular weight excluding hydrogens is 280 g/mol. The van der Waals surface area contributed by atoms with E-state index in [1.54, 1.807) is 0 Å². The third kappa shape index (κ3) is 3.07. The fraction of sp³-hybridized carbons (Fsp3) is 0.286. The number of aromatic nitrogens is 2. The Morgan fingerprint density at radius 2 is 1.52 bits per heavy atom. The van der Waals surface area contributed by atoms with Crippen molar-refractivity contribution < 1.29 is 0 Å².